The van der Waals surface area contributed by atoms with Crippen molar-refractivity contribution in [2.45, 2.75) is 13.3 Å². The van der Waals surface area contributed by atoms with Crippen molar-refractivity contribution in [3.05, 3.63) is 59.9 Å². The molecule has 2 aromatic carbocycles. The van der Waals surface area contributed by atoms with Gasteiger partial charge in [-0.15, -0.1) is 0 Å². The normalized spacial score (nSPS) is 20.0. The van der Waals surface area contributed by atoms with Gasteiger partial charge in [0.2, 0.25) is 11.8 Å². The number of carbonyl (C=O) groups excluding carboxylic acids is 2. The van der Waals surface area contributed by atoms with Crippen LogP contribution in [-0.2, 0) is 9.59 Å². The molecule has 2 aliphatic rings. The number of piperazine rings is 1. The number of carbonyl (C=O) groups is 2. The summed E-state index contributed by atoms with van der Waals surface area (Å²) in [5, 5.41) is 0. The molecule has 0 N–H and O–H groups in total. The number of nitrogens with zero attached hydrogens (tertiary/aromatic N) is 3. The van der Waals surface area contributed by atoms with Gasteiger partial charge in [0.15, 0.2) is 0 Å². The predicted molar refractivity (Wildman–Crippen MR) is 107 cm³/mol. The molecule has 2 aromatic rings. The van der Waals surface area contributed by atoms with Crippen molar-refractivity contribution in [3.8, 4) is 0 Å². The zero-order valence-corrected chi connectivity index (χ0v) is 16.0. The molecule has 0 saturated carbocycles. The second-order valence-electron chi connectivity index (χ2n) is 7.54. The molecule has 5 nitrogen and oxygen atoms in total. The van der Waals surface area contributed by atoms with Gasteiger partial charge < -0.3 is 14.7 Å². The second kappa shape index (κ2) is 7.62. The Hall–Kier alpha value is -2.89. The molecule has 6 heteroatoms. The molecule has 28 heavy (non-hydrogen) atoms. The molecule has 4 rings (SSSR count). The summed E-state index contributed by atoms with van der Waals surface area (Å²) in [5.74, 6) is -0.841. The smallest absolute Gasteiger partial charge is 0.228 e. The fourth-order valence-corrected chi connectivity index (χ4v) is 4.03. The molecule has 2 amide bonds. The minimum absolute atomic E-state index is 0.0242. The maximum absolute atomic E-state index is 13.5. The monoisotopic (exact) mass is 381 g/mol. The van der Waals surface area contributed by atoms with Gasteiger partial charge in [0.1, 0.15) is 5.82 Å². The first-order valence-electron chi connectivity index (χ1n) is 9.67. The van der Waals surface area contributed by atoms with E-state index in [1.54, 1.807) is 12.1 Å². The van der Waals surface area contributed by atoms with E-state index in [0.29, 0.717) is 25.3 Å². The van der Waals surface area contributed by atoms with Crippen molar-refractivity contribution in [2.24, 2.45) is 5.92 Å². The fraction of sp³-hybridized carbons (Fsp3) is 0.364. The highest BCUT2D eigenvalue weighted by atomic mass is 19.1. The molecule has 0 bridgehead atoms. The molecule has 2 saturated heterocycles. The Balaban J connectivity index is 1.37. The molecule has 0 aliphatic carbocycles. The Morgan fingerprint density at radius 2 is 1.71 bits per heavy atom. The number of aryl methyl sites for hydroxylation is 1. The van der Waals surface area contributed by atoms with Gasteiger partial charge in [0.25, 0.3) is 0 Å². The minimum atomic E-state index is -0.382. The molecule has 146 valence electrons. The van der Waals surface area contributed by atoms with E-state index in [-0.39, 0.29) is 30.0 Å². The minimum Gasteiger partial charge on any atom is -0.368 e. The Morgan fingerprint density at radius 3 is 2.43 bits per heavy atom. The average Bonchev–Trinajstić information content (AvgIpc) is 3.09. The van der Waals surface area contributed by atoms with Gasteiger partial charge in [0.05, 0.1) is 5.92 Å². The number of hydrogen-bond acceptors (Lipinski definition) is 3. The first kappa shape index (κ1) is 18.5. The van der Waals surface area contributed by atoms with E-state index in [9.17, 15) is 14.0 Å². The van der Waals surface area contributed by atoms with E-state index in [1.165, 1.54) is 28.3 Å². The second-order valence-corrected chi connectivity index (χ2v) is 7.54. The molecule has 0 aromatic heterocycles. The Bertz CT molecular complexity index is 893. The van der Waals surface area contributed by atoms with Gasteiger partial charge in [-0.25, -0.2) is 4.39 Å². The van der Waals surface area contributed by atoms with Gasteiger partial charge in [0, 0.05) is 50.5 Å². The van der Waals surface area contributed by atoms with Crippen LogP contribution in [0.25, 0.3) is 0 Å². The Morgan fingerprint density at radius 1 is 1.00 bits per heavy atom. The standard InChI is InChI=1S/C22H24FN3O2/c1-16-4-2-6-19(12-16)24-8-10-25(11-9-24)22(28)17-13-21(27)26(15-17)20-7-3-5-18(23)14-20/h2-7,12,14,17H,8-11,13,15H2,1H3. The zero-order valence-electron chi connectivity index (χ0n) is 16.0. The van der Waals surface area contributed by atoms with Crippen LogP contribution in [0.3, 0.4) is 0 Å². The van der Waals surface area contributed by atoms with Crippen LogP contribution in [0.4, 0.5) is 15.8 Å². The summed E-state index contributed by atoms with van der Waals surface area (Å²) >= 11 is 0. The van der Waals surface area contributed by atoms with Crippen molar-refractivity contribution in [1.82, 2.24) is 4.90 Å². The SMILES string of the molecule is Cc1cccc(N2CCN(C(=O)C3CC(=O)N(c4cccc(F)c4)C3)CC2)c1. The van der Waals surface area contributed by atoms with Gasteiger partial charge >= 0.3 is 0 Å². The quantitative estimate of drug-likeness (QED) is 0.821. The topological polar surface area (TPSA) is 43.9 Å². The van der Waals surface area contributed by atoms with E-state index >= 15 is 0 Å². The van der Waals surface area contributed by atoms with Crippen LogP contribution >= 0.6 is 0 Å². The Kier molecular flexibility index (Phi) is 5.03. The summed E-state index contributed by atoms with van der Waals surface area (Å²) in [7, 11) is 0. The van der Waals surface area contributed by atoms with Crippen molar-refractivity contribution in [1.29, 1.82) is 0 Å². The van der Waals surface area contributed by atoms with Gasteiger partial charge in [-0.3, -0.25) is 9.59 Å². The lowest BCUT2D eigenvalue weighted by Crippen LogP contribution is -2.50. The third-order valence-corrected chi connectivity index (χ3v) is 5.55. The number of rotatable bonds is 3. The third kappa shape index (κ3) is 3.72. The van der Waals surface area contributed by atoms with Crippen LogP contribution in [0, 0.1) is 18.7 Å². The molecule has 1 atom stereocenters. The van der Waals surface area contributed by atoms with Crippen LogP contribution in [0.2, 0.25) is 0 Å². The highest BCUT2D eigenvalue weighted by Crippen LogP contribution is 2.27. The highest BCUT2D eigenvalue weighted by molar-refractivity contribution is 6.00. The first-order chi connectivity index (χ1) is 13.5. The van der Waals surface area contributed by atoms with Crippen molar-refractivity contribution >= 4 is 23.2 Å². The van der Waals surface area contributed by atoms with Crippen LogP contribution in [0.5, 0.6) is 0 Å². The molecule has 0 radical (unpaired) electrons. The van der Waals surface area contributed by atoms with E-state index in [1.807, 2.05) is 11.0 Å². The van der Waals surface area contributed by atoms with Crippen molar-refractivity contribution in [3.63, 3.8) is 0 Å². The third-order valence-electron chi connectivity index (χ3n) is 5.55. The van der Waals surface area contributed by atoms with Crippen LogP contribution in [0.1, 0.15) is 12.0 Å². The lowest BCUT2D eigenvalue weighted by molar-refractivity contribution is -0.136. The van der Waals surface area contributed by atoms with Gasteiger partial charge in [-0.1, -0.05) is 18.2 Å². The summed E-state index contributed by atoms with van der Waals surface area (Å²) in [6, 6.07) is 14.3. The molecule has 2 fully saturated rings. The van der Waals surface area contributed by atoms with E-state index in [0.717, 1.165) is 13.1 Å². The number of hydrogen-bond donors (Lipinski definition) is 0. The maximum atomic E-state index is 13.5. The number of anilines is 2. The van der Waals surface area contributed by atoms with Gasteiger partial charge in [-0.05, 0) is 42.8 Å². The molecule has 0 spiro atoms. The summed E-state index contributed by atoms with van der Waals surface area (Å²) in [4.78, 5) is 31.0. The van der Waals surface area contributed by atoms with Gasteiger partial charge in [-0.2, -0.15) is 0 Å². The molecule has 2 aliphatic heterocycles. The van der Waals surface area contributed by atoms with E-state index in [2.05, 4.69) is 30.0 Å². The van der Waals surface area contributed by atoms with Crippen LogP contribution in [0.15, 0.2) is 48.5 Å². The number of halogens is 1. The summed E-state index contributed by atoms with van der Waals surface area (Å²) in [6.07, 6.45) is 0.188. The Labute approximate surface area is 164 Å². The van der Waals surface area contributed by atoms with Crippen molar-refractivity contribution in [2.75, 3.05) is 42.5 Å². The largest absolute Gasteiger partial charge is 0.368 e. The highest BCUT2D eigenvalue weighted by Gasteiger charge is 2.38. The molecule has 2 heterocycles. The van der Waals surface area contributed by atoms with Crippen LogP contribution < -0.4 is 9.80 Å². The predicted octanol–water partition coefficient (Wildman–Crippen LogP) is 2.84. The molecule has 1 unspecified atom stereocenters. The summed E-state index contributed by atoms with van der Waals surface area (Å²) in [5.41, 5.74) is 2.92. The number of benzene rings is 2. The lowest BCUT2D eigenvalue weighted by Gasteiger charge is -2.37. The lowest BCUT2D eigenvalue weighted by atomic mass is 10.1. The van der Waals surface area contributed by atoms with Crippen molar-refractivity contribution < 1.29 is 14.0 Å². The van der Waals surface area contributed by atoms with Crippen LogP contribution in [-0.4, -0.2) is 49.4 Å². The first-order valence-corrected chi connectivity index (χ1v) is 9.67. The maximum Gasteiger partial charge on any atom is 0.228 e. The average molecular weight is 381 g/mol. The number of amides is 2. The molecular formula is C22H24FN3O2. The summed E-state index contributed by atoms with van der Waals surface area (Å²) < 4.78 is 13.5. The van der Waals surface area contributed by atoms with E-state index in [4.69, 9.17) is 0 Å². The fourth-order valence-electron chi connectivity index (χ4n) is 4.03. The summed E-state index contributed by atoms with van der Waals surface area (Å²) in [6.45, 7) is 5.26. The zero-order chi connectivity index (χ0) is 19.7. The molecular weight excluding hydrogens is 357 g/mol. The van der Waals surface area contributed by atoms with E-state index < -0.39 is 0 Å².